The Kier molecular flexibility index (Phi) is 37.2. The first-order valence-electron chi connectivity index (χ1n) is 19.4. The summed E-state index contributed by atoms with van der Waals surface area (Å²) in [5, 5.41) is 0. The zero-order valence-electron chi connectivity index (χ0n) is 32.2. The number of allylic oxidation sites excluding steroid dienone is 18. The number of phosphoric ester groups is 1. The molecule has 0 saturated heterocycles. The molecule has 0 bridgehead atoms. The molecule has 0 aliphatic rings. The quantitative estimate of drug-likeness (QED) is 0.0285. The highest BCUT2D eigenvalue weighted by Crippen LogP contribution is 2.43. The van der Waals surface area contributed by atoms with Gasteiger partial charge in [-0.15, -0.1) is 0 Å². The van der Waals surface area contributed by atoms with E-state index in [0.717, 1.165) is 89.9 Å². The van der Waals surface area contributed by atoms with Crippen LogP contribution in [-0.4, -0.2) is 49.9 Å². The minimum atomic E-state index is -4.31. The number of phosphoric acid groups is 1. The van der Waals surface area contributed by atoms with Crippen LogP contribution >= 0.6 is 7.82 Å². The third-order valence-electron chi connectivity index (χ3n) is 7.19. The van der Waals surface area contributed by atoms with Gasteiger partial charge in [-0.25, -0.2) is 4.57 Å². The molecule has 0 aromatic carbocycles. The lowest BCUT2D eigenvalue weighted by Crippen LogP contribution is -2.28. The predicted octanol–water partition coefficient (Wildman–Crippen LogP) is 11.3. The summed E-state index contributed by atoms with van der Waals surface area (Å²) in [6.45, 7) is 4.48. The molecule has 0 rings (SSSR count). The standard InChI is InChI=1S/C43H70NO7P/c1-3-5-7-9-11-13-15-17-19-21-22-24-26-28-30-32-34-36-43(45)51-42(41-50-52(46,47)49-39-37-44)40-48-38-35-33-31-29-27-25-23-20-18-16-14-12-10-8-6-4-2/h5-8,11-14,17-20,22,24-25,27-28,30,42H,3-4,9-10,15-16,21,23,26,29,31-41,44H2,1-2H3,(H,46,47)/b7-5-,8-6-,13-11-,14-12-,19-17-,20-18-,24-22-,27-25-,30-28-. The van der Waals surface area contributed by atoms with Gasteiger partial charge in [-0.2, -0.15) is 0 Å². The van der Waals surface area contributed by atoms with Crippen molar-refractivity contribution in [2.45, 2.75) is 123 Å². The smallest absolute Gasteiger partial charge is 0.457 e. The van der Waals surface area contributed by atoms with Gasteiger partial charge in [0.25, 0.3) is 0 Å². The summed E-state index contributed by atoms with van der Waals surface area (Å²) in [6.07, 6.45) is 52.6. The van der Waals surface area contributed by atoms with Crippen LogP contribution in [0.15, 0.2) is 109 Å². The van der Waals surface area contributed by atoms with Crippen molar-refractivity contribution in [1.29, 1.82) is 0 Å². The highest BCUT2D eigenvalue weighted by atomic mass is 31.2. The monoisotopic (exact) mass is 743 g/mol. The SMILES string of the molecule is CC/C=C\C/C=C\C/C=C\C/C=C\C/C=C\CCCC(=O)OC(COCCCCC/C=C\C/C=C\C/C=C\C/C=C\CC)COP(=O)(O)OCCN. The first-order valence-corrected chi connectivity index (χ1v) is 20.9. The maximum atomic E-state index is 12.5. The molecule has 8 nitrogen and oxygen atoms in total. The third-order valence-corrected chi connectivity index (χ3v) is 8.17. The number of ether oxygens (including phenoxy) is 2. The van der Waals surface area contributed by atoms with Gasteiger partial charge in [0, 0.05) is 19.6 Å². The molecule has 0 aliphatic carbocycles. The summed E-state index contributed by atoms with van der Waals surface area (Å²) >= 11 is 0. The zero-order chi connectivity index (χ0) is 38.1. The zero-order valence-corrected chi connectivity index (χ0v) is 33.1. The molecule has 0 aliphatic heterocycles. The molecule has 0 fully saturated rings. The summed E-state index contributed by atoms with van der Waals surface area (Å²) in [5.74, 6) is -0.405. The first-order chi connectivity index (χ1) is 25.4. The fraction of sp³-hybridized carbons (Fsp3) is 0.558. The number of carbonyl (C=O) groups is 1. The number of hydrogen-bond acceptors (Lipinski definition) is 7. The summed E-state index contributed by atoms with van der Waals surface area (Å²) in [4.78, 5) is 22.4. The van der Waals surface area contributed by atoms with Crippen molar-refractivity contribution in [3.63, 3.8) is 0 Å². The van der Waals surface area contributed by atoms with Crippen LogP contribution in [0.3, 0.4) is 0 Å². The van der Waals surface area contributed by atoms with E-state index < -0.39 is 19.9 Å². The molecule has 0 saturated carbocycles. The van der Waals surface area contributed by atoms with Gasteiger partial charge < -0.3 is 20.1 Å². The lowest BCUT2D eigenvalue weighted by Gasteiger charge is -2.20. The Bertz CT molecular complexity index is 1150. The van der Waals surface area contributed by atoms with E-state index in [4.69, 9.17) is 24.3 Å². The Morgan fingerprint density at radius 2 is 1.02 bits per heavy atom. The van der Waals surface area contributed by atoms with Crippen molar-refractivity contribution in [3.8, 4) is 0 Å². The van der Waals surface area contributed by atoms with Crippen molar-refractivity contribution in [2.24, 2.45) is 5.73 Å². The van der Waals surface area contributed by atoms with E-state index in [1.54, 1.807) is 0 Å². The average molecular weight is 744 g/mol. The molecule has 2 unspecified atom stereocenters. The van der Waals surface area contributed by atoms with Gasteiger partial charge in [0.05, 0.1) is 19.8 Å². The van der Waals surface area contributed by atoms with Gasteiger partial charge in [-0.1, -0.05) is 130 Å². The van der Waals surface area contributed by atoms with E-state index in [-0.39, 0.29) is 32.8 Å². The Morgan fingerprint density at radius 1 is 0.577 bits per heavy atom. The van der Waals surface area contributed by atoms with Crippen LogP contribution in [0.5, 0.6) is 0 Å². The van der Waals surface area contributed by atoms with Crippen LogP contribution in [0.1, 0.15) is 117 Å². The molecule has 0 radical (unpaired) electrons. The molecule has 0 spiro atoms. The maximum absolute atomic E-state index is 12.5. The number of rotatable bonds is 35. The second-order valence-electron chi connectivity index (χ2n) is 12.0. The summed E-state index contributed by atoms with van der Waals surface area (Å²) in [7, 11) is -4.31. The van der Waals surface area contributed by atoms with E-state index in [0.29, 0.717) is 13.0 Å². The molecule has 0 heterocycles. The second kappa shape index (κ2) is 39.4. The van der Waals surface area contributed by atoms with Crippen molar-refractivity contribution < 1.29 is 32.8 Å². The van der Waals surface area contributed by atoms with Gasteiger partial charge in [-0.3, -0.25) is 13.8 Å². The van der Waals surface area contributed by atoms with E-state index >= 15 is 0 Å². The van der Waals surface area contributed by atoms with Crippen molar-refractivity contribution >= 4 is 13.8 Å². The molecule has 2 atom stereocenters. The molecular weight excluding hydrogens is 673 g/mol. The molecule has 0 aromatic rings. The molecule has 52 heavy (non-hydrogen) atoms. The lowest BCUT2D eigenvalue weighted by molar-refractivity contribution is -0.154. The van der Waals surface area contributed by atoms with Crippen LogP contribution in [0.2, 0.25) is 0 Å². The second-order valence-corrected chi connectivity index (χ2v) is 13.5. The van der Waals surface area contributed by atoms with Crippen molar-refractivity contribution in [3.05, 3.63) is 109 Å². The van der Waals surface area contributed by atoms with Gasteiger partial charge in [-0.05, 0) is 89.9 Å². The topological polar surface area (TPSA) is 117 Å². The van der Waals surface area contributed by atoms with Gasteiger partial charge >= 0.3 is 13.8 Å². The Hall–Kier alpha value is -2.84. The lowest BCUT2D eigenvalue weighted by atomic mass is 10.2. The van der Waals surface area contributed by atoms with E-state index in [1.165, 1.54) is 0 Å². The average Bonchev–Trinajstić information content (AvgIpc) is 3.13. The van der Waals surface area contributed by atoms with Crippen LogP contribution < -0.4 is 5.73 Å². The Balaban J connectivity index is 4.29. The summed E-state index contributed by atoms with van der Waals surface area (Å²) in [6, 6.07) is 0. The first kappa shape index (κ1) is 49.2. The largest absolute Gasteiger partial charge is 0.472 e. The van der Waals surface area contributed by atoms with Gasteiger partial charge in [0.2, 0.25) is 0 Å². The van der Waals surface area contributed by atoms with Crippen LogP contribution in [0.4, 0.5) is 0 Å². The van der Waals surface area contributed by atoms with Crippen LogP contribution in [0.25, 0.3) is 0 Å². The minimum absolute atomic E-state index is 0.0638. The highest BCUT2D eigenvalue weighted by molar-refractivity contribution is 7.47. The fourth-order valence-corrected chi connectivity index (χ4v) is 5.20. The summed E-state index contributed by atoms with van der Waals surface area (Å²) in [5.41, 5.74) is 5.35. The molecule has 0 amide bonds. The Morgan fingerprint density at radius 3 is 1.48 bits per heavy atom. The number of unbranched alkanes of at least 4 members (excludes halogenated alkanes) is 4. The molecule has 9 heteroatoms. The highest BCUT2D eigenvalue weighted by Gasteiger charge is 2.25. The number of esters is 1. The predicted molar refractivity (Wildman–Crippen MR) is 219 cm³/mol. The molecule has 3 N–H and O–H groups in total. The van der Waals surface area contributed by atoms with E-state index in [9.17, 15) is 14.3 Å². The summed E-state index contributed by atoms with van der Waals surface area (Å²) < 4.78 is 33.2. The maximum Gasteiger partial charge on any atom is 0.472 e. The van der Waals surface area contributed by atoms with Crippen LogP contribution in [0, 0.1) is 0 Å². The number of nitrogens with two attached hydrogens (primary N) is 1. The Labute approximate surface area is 316 Å². The molecule has 0 aromatic heterocycles. The third kappa shape index (κ3) is 38.4. The molecular formula is C43H70NO7P. The van der Waals surface area contributed by atoms with Crippen molar-refractivity contribution in [1.82, 2.24) is 0 Å². The minimum Gasteiger partial charge on any atom is -0.457 e. The fourth-order valence-electron chi connectivity index (χ4n) is 4.43. The van der Waals surface area contributed by atoms with E-state index in [2.05, 4.69) is 123 Å². The van der Waals surface area contributed by atoms with Gasteiger partial charge in [0.15, 0.2) is 0 Å². The number of hydrogen-bond donors (Lipinski definition) is 2. The van der Waals surface area contributed by atoms with Crippen molar-refractivity contribution in [2.75, 3.05) is 33.0 Å². The number of carbonyl (C=O) groups excluding carboxylic acids is 1. The van der Waals surface area contributed by atoms with Crippen LogP contribution in [-0.2, 0) is 27.9 Å². The molecule has 294 valence electrons. The van der Waals surface area contributed by atoms with E-state index in [1.807, 2.05) is 0 Å². The normalized spacial score (nSPS) is 14.8. The van der Waals surface area contributed by atoms with Gasteiger partial charge in [0.1, 0.15) is 6.10 Å².